The predicted molar refractivity (Wildman–Crippen MR) is 80.0 cm³/mol. The standard InChI is InChI=1S/C15H23N3O2/c1-12(2)3-6-15(19)17-14-5-4-13(11-16-14)18-7-9-20-10-8-18/h4-5,11-12H,3,6-10H2,1-2H3,(H,16,17,19). The number of rotatable bonds is 5. The van der Waals surface area contributed by atoms with Crippen LogP contribution in [-0.4, -0.2) is 37.2 Å². The molecule has 0 aromatic carbocycles. The van der Waals surface area contributed by atoms with Crippen LogP contribution in [0.5, 0.6) is 0 Å². The van der Waals surface area contributed by atoms with Crippen LogP contribution in [0.1, 0.15) is 26.7 Å². The van der Waals surface area contributed by atoms with Crippen LogP contribution in [-0.2, 0) is 9.53 Å². The molecule has 1 aliphatic rings. The average molecular weight is 277 g/mol. The van der Waals surface area contributed by atoms with Crippen molar-refractivity contribution in [3.63, 3.8) is 0 Å². The largest absolute Gasteiger partial charge is 0.378 e. The van der Waals surface area contributed by atoms with Crippen molar-refractivity contribution in [2.75, 3.05) is 36.5 Å². The number of nitrogens with one attached hydrogen (secondary N) is 1. The molecule has 0 spiro atoms. The molecule has 1 amide bonds. The second-order valence-electron chi connectivity index (χ2n) is 5.48. The number of morpholine rings is 1. The van der Waals surface area contributed by atoms with Gasteiger partial charge in [0.2, 0.25) is 5.91 Å². The summed E-state index contributed by atoms with van der Waals surface area (Å²) in [6, 6.07) is 3.86. The third-order valence-electron chi connectivity index (χ3n) is 3.34. The first kappa shape index (κ1) is 14.8. The zero-order chi connectivity index (χ0) is 14.4. The van der Waals surface area contributed by atoms with Crippen LogP contribution in [0.4, 0.5) is 11.5 Å². The Bertz CT molecular complexity index is 425. The molecule has 1 aromatic rings. The fourth-order valence-electron chi connectivity index (χ4n) is 2.09. The van der Waals surface area contributed by atoms with Crippen molar-refractivity contribution >= 4 is 17.4 Å². The molecule has 1 saturated heterocycles. The monoisotopic (exact) mass is 277 g/mol. The number of ether oxygens (including phenoxy) is 1. The Kier molecular flexibility index (Phi) is 5.35. The van der Waals surface area contributed by atoms with E-state index in [0.717, 1.165) is 38.4 Å². The number of anilines is 2. The van der Waals surface area contributed by atoms with Crippen LogP contribution in [0, 0.1) is 5.92 Å². The molecule has 1 aliphatic heterocycles. The number of hydrogen-bond acceptors (Lipinski definition) is 4. The van der Waals surface area contributed by atoms with Crippen LogP contribution in [0.15, 0.2) is 18.3 Å². The van der Waals surface area contributed by atoms with E-state index in [4.69, 9.17) is 4.74 Å². The van der Waals surface area contributed by atoms with E-state index in [1.165, 1.54) is 0 Å². The van der Waals surface area contributed by atoms with Gasteiger partial charge in [0, 0.05) is 19.5 Å². The summed E-state index contributed by atoms with van der Waals surface area (Å²) >= 11 is 0. The molecule has 0 aliphatic carbocycles. The fraction of sp³-hybridized carbons (Fsp3) is 0.600. The van der Waals surface area contributed by atoms with Crippen molar-refractivity contribution in [3.8, 4) is 0 Å². The summed E-state index contributed by atoms with van der Waals surface area (Å²) in [6.07, 6.45) is 3.26. The van der Waals surface area contributed by atoms with Crippen LogP contribution < -0.4 is 10.2 Å². The maximum absolute atomic E-state index is 11.7. The van der Waals surface area contributed by atoms with Crippen molar-refractivity contribution in [3.05, 3.63) is 18.3 Å². The lowest BCUT2D eigenvalue weighted by atomic mass is 10.1. The Morgan fingerprint density at radius 2 is 2.15 bits per heavy atom. The van der Waals surface area contributed by atoms with Crippen LogP contribution in [0.3, 0.4) is 0 Å². The minimum Gasteiger partial charge on any atom is -0.378 e. The van der Waals surface area contributed by atoms with E-state index in [-0.39, 0.29) is 5.91 Å². The van der Waals surface area contributed by atoms with Gasteiger partial charge in [-0.05, 0) is 24.5 Å². The van der Waals surface area contributed by atoms with Gasteiger partial charge in [-0.15, -0.1) is 0 Å². The number of hydrogen-bond donors (Lipinski definition) is 1. The fourth-order valence-corrected chi connectivity index (χ4v) is 2.09. The normalized spacial score (nSPS) is 15.4. The SMILES string of the molecule is CC(C)CCC(=O)Nc1ccc(N2CCOCC2)cn1. The first-order valence-electron chi connectivity index (χ1n) is 7.24. The predicted octanol–water partition coefficient (Wildman–Crippen LogP) is 2.29. The first-order valence-corrected chi connectivity index (χ1v) is 7.24. The van der Waals surface area contributed by atoms with Crippen LogP contribution >= 0.6 is 0 Å². The van der Waals surface area contributed by atoms with Crippen molar-refractivity contribution in [2.24, 2.45) is 5.92 Å². The van der Waals surface area contributed by atoms with E-state index in [1.807, 2.05) is 18.3 Å². The van der Waals surface area contributed by atoms with Gasteiger partial charge in [0.15, 0.2) is 0 Å². The summed E-state index contributed by atoms with van der Waals surface area (Å²) in [5.41, 5.74) is 1.08. The topological polar surface area (TPSA) is 54.5 Å². The molecule has 5 nitrogen and oxygen atoms in total. The number of carbonyl (C=O) groups excluding carboxylic acids is 1. The van der Waals surface area contributed by atoms with Gasteiger partial charge in [0.25, 0.3) is 0 Å². The Balaban J connectivity index is 1.86. The van der Waals surface area contributed by atoms with Gasteiger partial charge in [0.05, 0.1) is 25.1 Å². The van der Waals surface area contributed by atoms with E-state index < -0.39 is 0 Å². The highest BCUT2D eigenvalue weighted by Gasteiger charge is 2.11. The third kappa shape index (κ3) is 4.49. The van der Waals surface area contributed by atoms with Gasteiger partial charge in [0.1, 0.15) is 5.82 Å². The molecule has 20 heavy (non-hydrogen) atoms. The summed E-state index contributed by atoms with van der Waals surface area (Å²) in [7, 11) is 0. The van der Waals surface area contributed by atoms with Gasteiger partial charge in [-0.25, -0.2) is 4.98 Å². The van der Waals surface area contributed by atoms with Crippen LogP contribution in [0.25, 0.3) is 0 Å². The molecule has 2 heterocycles. The molecule has 1 aromatic heterocycles. The second kappa shape index (κ2) is 7.24. The maximum Gasteiger partial charge on any atom is 0.225 e. The van der Waals surface area contributed by atoms with Crippen molar-refractivity contribution in [2.45, 2.75) is 26.7 Å². The molecule has 5 heteroatoms. The van der Waals surface area contributed by atoms with E-state index >= 15 is 0 Å². The van der Waals surface area contributed by atoms with Gasteiger partial charge in [-0.3, -0.25) is 4.79 Å². The Morgan fingerprint density at radius 3 is 2.75 bits per heavy atom. The number of aromatic nitrogens is 1. The lowest BCUT2D eigenvalue weighted by Crippen LogP contribution is -2.36. The highest BCUT2D eigenvalue weighted by atomic mass is 16.5. The van der Waals surface area contributed by atoms with Crippen molar-refractivity contribution < 1.29 is 9.53 Å². The van der Waals surface area contributed by atoms with Gasteiger partial charge >= 0.3 is 0 Å². The summed E-state index contributed by atoms with van der Waals surface area (Å²) in [6.45, 7) is 7.52. The van der Waals surface area contributed by atoms with E-state index in [0.29, 0.717) is 18.2 Å². The molecule has 0 atom stereocenters. The quantitative estimate of drug-likeness (QED) is 0.897. The average Bonchev–Trinajstić information content (AvgIpc) is 2.47. The first-order chi connectivity index (χ1) is 9.65. The molecule has 110 valence electrons. The second-order valence-corrected chi connectivity index (χ2v) is 5.48. The molecular weight excluding hydrogens is 254 g/mol. The summed E-state index contributed by atoms with van der Waals surface area (Å²) in [4.78, 5) is 18.3. The summed E-state index contributed by atoms with van der Waals surface area (Å²) < 4.78 is 5.32. The van der Waals surface area contributed by atoms with E-state index in [2.05, 4.69) is 29.0 Å². The van der Waals surface area contributed by atoms with Gasteiger partial charge in [-0.2, -0.15) is 0 Å². The number of nitrogens with zero attached hydrogens (tertiary/aromatic N) is 2. The molecule has 0 bridgehead atoms. The number of carbonyl (C=O) groups is 1. The Hall–Kier alpha value is -1.62. The molecule has 2 rings (SSSR count). The summed E-state index contributed by atoms with van der Waals surface area (Å²) in [5, 5.41) is 2.83. The van der Waals surface area contributed by atoms with E-state index in [1.54, 1.807) is 0 Å². The van der Waals surface area contributed by atoms with Gasteiger partial charge in [-0.1, -0.05) is 13.8 Å². The highest BCUT2D eigenvalue weighted by molar-refractivity contribution is 5.89. The molecular formula is C15H23N3O2. The number of pyridine rings is 1. The molecule has 0 saturated carbocycles. The van der Waals surface area contributed by atoms with Crippen LogP contribution in [0.2, 0.25) is 0 Å². The molecule has 0 radical (unpaired) electrons. The molecule has 0 unspecified atom stereocenters. The molecule has 1 fully saturated rings. The minimum absolute atomic E-state index is 0.0327. The lowest BCUT2D eigenvalue weighted by Gasteiger charge is -2.28. The molecule has 1 N–H and O–H groups in total. The Morgan fingerprint density at radius 1 is 1.40 bits per heavy atom. The Labute approximate surface area is 120 Å². The van der Waals surface area contributed by atoms with E-state index in [9.17, 15) is 4.79 Å². The maximum atomic E-state index is 11.7. The van der Waals surface area contributed by atoms with Crippen molar-refractivity contribution in [1.82, 2.24) is 4.98 Å². The van der Waals surface area contributed by atoms with Crippen molar-refractivity contribution in [1.29, 1.82) is 0 Å². The summed E-state index contributed by atoms with van der Waals surface area (Å²) in [5.74, 6) is 1.19. The minimum atomic E-state index is 0.0327. The zero-order valence-electron chi connectivity index (χ0n) is 12.3. The zero-order valence-corrected chi connectivity index (χ0v) is 12.3. The smallest absolute Gasteiger partial charge is 0.225 e. The lowest BCUT2D eigenvalue weighted by molar-refractivity contribution is -0.116. The van der Waals surface area contributed by atoms with Gasteiger partial charge < -0.3 is 15.0 Å². The highest BCUT2D eigenvalue weighted by Crippen LogP contribution is 2.16. The number of amides is 1. The third-order valence-corrected chi connectivity index (χ3v) is 3.34.